The van der Waals surface area contributed by atoms with Crippen LogP contribution in [0.5, 0.6) is 5.75 Å². The maximum atomic E-state index is 6.04. The highest BCUT2D eigenvalue weighted by Gasteiger charge is 2.15. The third kappa shape index (κ3) is 3.95. The minimum Gasteiger partial charge on any atom is -0.483 e. The molecule has 0 N–H and O–H groups in total. The molecule has 0 saturated carbocycles. The van der Waals surface area contributed by atoms with Crippen molar-refractivity contribution in [2.45, 2.75) is 31.9 Å². The van der Waals surface area contributed by atoms with E-state index in [2.05, 4.69) is 11.9 Å². The van der Waals surface area contributed by atoms with Gasteiger partial charge in [0.15, 0.2) is 0 Å². The smallest absolute Gasteiger partial charge is 0.150 e. The molecule has 20 heavy (non-hydrogen) atoms. The summed E-state index contributed by atoms with van der Waals surface area (Å²) < 4.78 is 11.2. The number of aromatic nitrogens is 1. The molecule has 1 atom stereocenters. The average molecular weight is 312 g/mol. The Hall–Kier alpha value is -1.10. The SMILES string of the molecule is CCC(Oc1cccc(COC)c1)c1nc(CCl)cs1. The van der Waals surface area contributed by atoms with E-state index < -0.39 is 0 Å². The molecule has 0 spiro atoms. The summed E-state index contributed by atoms with van der Waals surface area (Å²) in [6.07, 6.45) is 0.832. The lowest BCUT2D eigenvalue weighted by molar-refractivity contribution is 0.182. The van der Waals surface area contributed by atoms with E-state index in [-0.39, 0.29) is 6.10 Å². The lowest BCUT2D eigenvalue weighted by Crippen LogP contribution is -2.06. The normalized spacial score (nSPS) is 12.3. The Balaban J connectivity index is 2.11. The topological polar surface area (TPSA) is 31.4 Å². The summed E-state index contributed by atoms with van der Waals surface area (Å²) in [4.78, 5) is 4.49. The second-order valence-electron chi connectivity index (χ2n) is 4.41. The van der Waals surface area contributed by atoms with Crippen LogP contribution in [-0.4, -0.2) is 12.1 Å². The van der Waals surface area contributed by atoms with Crippen LogP contribution < -0.4 is 4.74 Å². The van der Waals surface area contributed by atoms with Crippen LogP contribution in [0.4, 0.5) is 0 Å². The zero-order chi connectivity index (χ0) is 14.4. The maximum absolute atomic E-state index is 6.04. The fourth-order valence-electron chi connectivity index (χ4n) is 1.88. The molecule has 1 aromatic heterocycles. The van der Waals surface area contributed by atoms with Gasteiger partial charge in [-0.2, -0.15) is 0 Å². The number of hydrogen-bond acceptors (Lipinski definition) is 4. The highest BCUT2D eigenvalue weighted by atomic mass is 35.5. The molecule has 2 rings (SSSR count). The lowest BCUT2D eigenvalue weighted by atomic mass is 10.2. The van der Waals surface area contributed by atoms with Crippen molar-refractivity contribution in [3.8, 4) is 5.75 Å². The summed E-state index contributed by atoms with van der Waals surface area (Å²) in [6.45, 7) is 2.67. The highest BCUT2D eigenvalue weighted by molar-refractivity contribution is 7.09. The molecule has 0 aliphatic carbocycles. The number of nitrogens with zero attached hydrogens (tertiary/aromatic N) is 1. The zero-order valence-electron chi connectivity index (χ0n) is 11.6. The second kappa shape index (κ2) is 7.62. The lowest BCUT2D eigenvalue weighted by Gasteiger charge is -2.15. The number of thiazole rings is 1. The second-order valence-corrected chi connectivity index (χ2v) is 5.56. The number of ether oxygens (including phenoxy) is 2. The molecule has 0 saturated heterocycles. The third-order valence-electron chi connectivity index (χ3n) is 2.84. The fourth-order valence-corrected chi connectivity index (χ4v) is 3.04. The molecule has 5 heteroatoms. The Morgan fingerprint density at radius 2 is 2.25 bits per heavy atom. The van der Waals surface area contributed by atoms with Gasteiger partial charge in [-0.1, -0.05) is 19.1 Å². The predicted octanol–water partition coefficient (Wildman–Crippen LogP) is 4.56. The monoisotopic (exact) mass is 311 g/mol. The van der Waals surface area contributed by atoms with Crippen LogP contribution >= 0.6 is 22.9 Å². The molecular weight excluding hydrogens is 294 g/mol. The number of benzene rings is 1. The molecular formula is C15H18ClNO2S. The van der Waals surface area contributed by atoms with Crippen molar-refractivity contribution in [1.29, 1.82) is 0 Å². The van der Waals surface area contributed by atoms with Gasteiger partial charge in [-0.05, 0) is 24.1 Å². The van der Waals surface area contributed by atoms with Gasteiger partial charge >= 0.3 is 0 Å². The molecule has 2 aromatic rings. The van der Waals surface area contributed by atoms with Gasteiger partial charge in [-0.25, -0.2) is 4.98 Å². The standard InChI is InChI=1S/C15H18ClNO2S/c1-3-14(15-17-12(8-16)10-20-15)19-13-6-4-5-11(7-13)9-18-2/h4-7,10,14H,3,8-9H2,1-2H3. The molecule has 0 radical (unpaired) electrons. The first kappa shape index (κ1) is 15.3. The van der Waals surface area contributed by atoms with Crippen LogP contribution in [0.15, 0.2) is 29.6 Å². The molecule has 3 nitrogen and oxygen atoms in total. The van der Waals surface area contributed by atoms with Gasteiger partial charge in [0.05, 0.1) is 18.2 Å². The third-order valence-corrected chi connectivity index (χ3v) is 4.10. The number of rotatable bonds is 7. The number of alkyl halides is 1. The number of methoxy groups -OCH3 is 1. The van der Waals surface area contributed by atoms with Crippen LogP contribution in [-0.2, 0) is 17.2 Å². The van der Waals surface area contributed by atoms with Crippen molar-refractivity contribution in [3.63, 3.8) is 0 Å². The van der Waals surface area contributed by atoms with E-state index in [1.807, 2.05) is 29.6 Å². The summed E-state index contributed by atoms with van der Waals surface area (Å²) in [5.74, 6) is 1.28. The Bertz CT molecular complexity index is 544. The van der Waals surface area contributed by atoms with E-state index in [4.69, 9.17) is 21.1 Å². The van der Waals surface area contributed by atoms with Crippen molar-refractivity contribution in [2.75, 3.05) is 7.11 Å². The molecule has 1 aromatic carbocycles. The van der Waals surface area contributed by atoms with Gasteiger partial charge in [0.25, 0.3) is 0 Å². The van der Waals surface area contributed by atoms with E-state index in [0.717, 1.165) is 28.4 Å². The van der Waals surface area contributed by atoms with Crippen molar-refractivity contribution >= 4 is 22.9 Å². The molecule has 0 bridgehead atoms. The van der Waals surface area contributed by atoms with E-state index in [1.54, 1.807) is 18.4 Å². The molecule has 108 valence electrons. The van der Waals surface area contributed by atoms with Gasteiger partial charge < -0.3 is 9.47 Å². The zero-order valence-corrected chi connectivity index (χ0v) is 13.2. The van der Waals surface area contributed by atoms with Crippen LogP contribution in [0, 0.1) is 0 Å². The predicted molar refractivity (Wildman–Crippen MR) is 82.5 cm³/mol. The van der Waals surface area contributed by atoms with Gasteiger partial charge in [-0.15, -0.1) is 22.9 Å². The summed E-state index contributed by atoms with van der Waals surface area (Å²) in [5, 5.41) is 2.95. The molecule has 1 heterocycles. The van der Waals surface area contributed by atoms with Gasteiger partial charge in [0.1, 0.15) is 16.9 Å². The first-order chi connectivity index (χ1) is 9.76. The largest absolute Gasteiger partial charge is 0.483 e. The van der Waals surface area contributed by atoms with Crippen LogP contribution in [0.1, 0.15) is 35.7 Å². The van der Waals surface area contributed by atoms with Crippen molar-refractivity contribution < 1.29 is 9.47 Å². The maximum Gasteiger partial charge on any atom is 0.150 e. The van der Waals surface area contributed by atoms with Gasteiger partial charge in [0.2, 0.25) is 0 Å². The summed E-state index contributed by atoms with van der Waals surface area (Å²) in [6, 6.07) is 7.95. The Morgan fingerprint density at radius 3 is 2.90 bits per heavy atom. The minimum atomic E-state index is -0.0326. The Labute approximate surface area is 128 Å². The van der Waals surface area contributed by atoms with Crippen LogP contribution in [0.2, 0.25) is 0 Å². The average Bonchev–Trinajstić information content (AvgIpc) is 2.94. The first-order valence-electron chi connectivity index (χ1n) is 6.51. The van der Waals surface area contributed by atoms with Crippen molar-refractivity contribution in [3.05, 3.63) is 45.9 Å². The van der Waals surface area contributed by atoms with Crippen LogP contribution in [0.25, 0.3) is 0 Å². The van der Waals surface area contributed by atoms with Crippen LogP contribution in [0.3, 0.4) is 0 Å². The molecule has 1 unspecified atom stereocenters. The molecule has 0 aliphatic rings. The van der Waals surface area contributed by atoms with Crippen molar-refractivity contribution in [2.24, 2.45) is 0 Å². The molecule has 0 aliphatic heterocycles. The van der Waals surface area contributed by atoms with Gasteiger partial charge in [0, 0.05) is 12.5 Å². The Morgan fingerprint density at radius 1 is 1.40 bits per heavy atom. The Kier molecular flexibility index (Phi) is 5.83. The molecule has 0 amide bonds. The van der Waals surface area contributed by atoms with Gasteiger partial charge in [-0.3, -0.25) is 0 Å². The summed E-state index contributed by atoms with van der Waals surface area (Å²) in [7, 11) is 1.69. The summed E-state index contributed by atoms with van der Waals surface area (Å²) >= 11 is 7.39. The number of halogens is 1. The number of hydrogen-bond donors (Lipinski definition) is 0. The van der Waals surface area contributed by atoms with E-state index in [0.29, 0.717) is 12.5 Å². The summed E-state index contributed by atoms with van der Waals surface area (Å²) in [5.41, 5.74) is 2.00. The van der Waals surface area contributed by atoms with E-state index >= 15 is 0 Å². The fraction of sp³-hybridized carbons (Fsp3) is 0.400. The first-order valence-corrected chi connectivity index (χ1v) is 7.93. The van der Waals surface area contributed by atoms with Crippen molar-refractivity contribution in [1.82, 2.24) is 4.98 Å². The van der Waals surface area contributed by atoms with E-state index in [1.165, 1.54) is 0 Å². The van der Waals surface area contributed by atoms with E-state index in [9.17, 15) is 0 Å². The minimum absolute atomic E-state index is 0.0326. The highest BCUT2D eigenvalue weighted by Crippen LogP contribution is 2.28. The quantitative estimate of drug-likeness (QED) is 0.702. The molecule has 0 fully saturated rings.